The summed E-state index contributed by atoms with van der Waals surface area (Å²) < 4.78 is 25.3. The highest BCUT2D eigenvalue weighted by Gasteiger charge is 2.01. The summed E-state index contributed by atoms with van der Waals surface area (Å²) in [6.07, 6.45) is 2.85. The molecule has 1 nitrogen and oxygen atoms in total. The zero-order valence-electron chi connectivity index (χ0n) is 8.32. The fraction of sp³-hybridized carbons (Fsp3) is 0.455. The molecule has 0 saturated heterocycles. The van der Waals surface area contributed by atoms with Gasteiger partial charge in [-0.05, 0) is 50.6 Å². The highest BCUT2D eigenvalue weighted by Crippen LogP contribution is 2.10. The zero-order chi connectivity index (χ0) is 10.4. The normalized spacial score (nSPS) is 10.5. The van der Waals surface area contributed by atoms with Gasteiger partial charge in [-0.2, -0.15) is 0 Å². The predicted octanol–water partition coefficient (Wildman–Crippen LogP) is 2.51. The second-order valence-corrected chi connectivity index (χ2v) is 3.31. The Hall–Kier alpha value is -0.960. The number of unbranched alkanes of at least 4 members (excludes halogenated alkanes) is 1. The Morgan fingerprint density at radius 3 is 2.57 bits per heavy atom. The van der Waals surface area contributed by atoms with E-state index in [2.05, 4.69) is 5.32 Å². The van der Waals surface area contributed by atoms with Gasteiger partial charge in [0, 0.05) is 0 Å². The van der Waals surface area contributed by atoms with E-state index in [0.717, 1.165) is 31.4 Å². The molecule has 0 atom stereocenters. The summed E-state index contributed by atoms with van der Waals surface area (Å²) in [5.74, 6) is -1.53. The van der Waals surface area contributed by atoms with Gasteiger partial charge in [-0.3, -0.25) is 0 Å². The monoisotopic (exact) mass is 199 g/mol. The Balaban J connectivity index is 2.39. The number of halogens is 2. The Labute approximate surface area is 83.1 Å². The quantitative estimate of drug-likeness (QED) is 0.718. The fourth-order valence-electron chi connectivity index (χ4n) is 1.33. The molecule has 0 amide bonds. The van der Waals surface area contributed by atoms with Crippen LogP contribution in [-0.2, 0) is 6.42 Å². The summed E-state index contributed by atoms with van der Waals surface area (Å²) in [6.45, 7) is 0.962. The summed E-state index contributed by atoms with van der Waals surface area (Å²) in [6, 6.07) is 4.09. The van der Waals surface area contributed by atoms with Crippen molar-refractivity contribution in [2.45, 2.75) is 19.3 Å². The Morgan fingerprint density at radius 1 is 1.14 bits per heavy atom. The molecule has 0 aliphatic heterocycles. The molecule has 0 bridgehead atoms. The molecule has 0 spiro atoms. The molecule has 0 radical (unpaired) electrons. The lowest BCUT2D eigenvalue weighted by molar-refractivity contribution is 0.506. The van der Waals surface area contributed by atoms with Crippen molar-refractivity contribution in [1.29, 1.82) is 0 Å². The van der Waals surface area contributed by atoms with Gasteiger partial charge in [0.15, 0.2) is 11.6 Å². The molecule has 0 unspecified atom stereocenters. The third kappa shape index (κ3) is 3.42. The van der Waals surface area contributed by atoms with Crippen LogP contribution in [0.4, 0.5) is 8.78 Å². The van der Waals surface area contributed by atoms with E-state index in [1.807, 2.05) is 7.05 Å². The van der Waals surface area contributed by atoms with Crippen molar-refractivity contribution in [2.24, 2.45) is 0 Å². The largest absolute Gasteiger partial charge is 0.320 e. The maximum absolute atomic E-state index is 12.8. The molecule has 1 rings (SSSR count). The van der Waals surface area contributed by atoms with Gasteiger partial charge < -0.3 is 5.32 Å². The van der Waals surface area contributed by atoms with Gasteiger partial charge >= 0.3 is 0 Å². The number of hydrogen-bond acceptors (Lipinski definition) is 1. The van der Waals surface area contributed by atoms with Crippen molar-refractivity contribution in [2.75, 3.05) is 13.6 Å². The molecule has 0 aliphatic rings. The molecule has 0 aromatic heterocycles. The lowest BCUT2D eigenvalue weighted by Crippen LogP contribution is -2.07. The van der Waals surface area contributed by atoms with E-state index in [1.54, 1.807) is 6.07 Å². The van der Waals surface area contributed by atoms with Gasteiger partial charge in [-0.15, -0.1) is 0 Å². The van der Waals surface area contributed by atoms with Crippen LogP contribution in [0.25, 0.3) is 0 Å². The lowest BCUT2D eigenvalue weighted by Gasteiger charge is -2.02. The van der Waals surface area contributed by atoms with E-state index in [9.17, 15) is 8.78 Å². The lowest BCUT2D eigenvalue weighted by atomic mass is 10.1. The third-order valence-electron chi connectivity index (χ3n) is 2.13. The smallest absolute Gasteiger partial charge is 0.159 e. The molecule has 14 heavy (non-hydrogen) atoms. The average molecular weight is 199 g/mol. The topological polar surface area (TPSA) is 12.0 Å². The maximum atomic E-state index is 12.8. The number of nitrogens with one attached hydrogen (secondary N) is 1. The molecule has 1 aromatic rings. The summed E-state index contributed by atoms with van der Waals surface area (Å²) in [7, 11) is 1.90. The first-order chi connectivity index (χ1) is 6.74. The van der Waals surface area contributed by atoms with Crippen molar-refractivity contribution in [3.63, 3.8) is 0 Å². The first kappa shape index (κ1) is 11.1. The van der Waals surface area contributed by atoms with E-state index in [-0.39, 0.29) is 0 Å². The van der Waals surface area contributed by atoms with Crippen LogP contribution in [0.15, 0.2) is 18.2 Å². The van der Waals surface area contributed by atoms with Crippen LogP contribution < -0.4 is 5.32 Å². The van der Waals surface area contributed by atoms with Crippen molar-refractivity contribution >= 4 is 0 Å². The van der Waals surface area contributed by atoms with E-state index in [4.69, 9.17) is 0 Å². The van der Waals surface area contributed by atoms with E-state index in [1.165, 1.54) is 12.1 Å². The van der Waals surface area contributed by atoms with E-state index < -0.39 is 11.6 Å². The number of benzene rings is 1. The van der Waals surface area contributed by atoms with Crippen LogP contribution in [0.3, 0.4) is 0 Å². The van der Waals surface area contributed by atoms with Crippen LogP contribution in [0.1, 0.15) is 18.4 Å². The SMILES string of the molecule is CNCCCCc1ccc(F)c(F)c1. The molecule has 1 aromatic carbocycles. The van der Waals surface area contributed by atoms with Crippen molar-refractivity contribution in [3.05, 3.63) is 35.4 Å². The van der Waals surface area contributed by atoms with Gasteiger partial charge in [0.05, 0.1) is 0 Å². The van der Waals surface area contributed by atoms with Crippen LogP contribution in [0.5, 0.6) is 0 Å². The van der Waals surface area contributed by atoms with E-state index >= 15 is 0 Å². The van der Waals surface area contributed by atoms with Crippen LogP contribution in [0, 0.1) is 11.6 Å². The van der Waals surface area contributed by atoms with Gasteiger partial charge in [0.25, 0.3) is 0 Å². The molecule has 3 heteroatoms. The van der Waals surface area contributed by atoms with Gasteiger partial charge in [0.1, 0.15) is 0 Å². The zero-order valence-corrected chi connectivity index (χ0v) is 8.32. The summed E-state index contributed by atoms with van der Waals surface area (Å²) in [5.41, 5.74) is 0.861. The average Bonchev–Trinajstić information content (AvgIpc) is 2.18. The molecule has 1 N–H and O–H groups in total. The minimum Gasteiger partial charge on any atom is -0.320 e. The predicted molar refractivity (Wildman–Crippen MR) is 53.2 cm³/mol. The molecular weight excluding hydrogens is 184 g/mol. The third-order valence-corrected chi connectivity index (χ3v) is 2.13. The maximum Gasteiger partial charge on any atom is 0.159 e. The van der Waals surface area contributed by atoms with Gasteiger partial charge in [-0.25, -0.2) is 8.78 Å². The fourth-order valence-corrected chi connectivity index (χ4v) is 1.33. The molecule has 78 valence electrons. The van der Waals surface area contributed by atoms with Gasteiger partial charge in [-0.1, -0.05) is 6.07 Å². The van der Waals surface area contributed by atoms with E-state index in [0.29, 0.717) is 0 Å². The Kier molecular flexibility index (Phi) is 4.53. The first-order valence-corrected chi connectivity index (χ1v) is 4.82. The summed E-state index contributed by atoms with van der Waals surface area (Å²) in [4.78, 5) is 0. The second-order valence-electron chi connectivity index (χ2n) is 3.31. The van der Waals surface area contributed by atoms with Crippen molar-refractivity contribution in [3.8, 4) is 0 Å². The minimum atomic E-state index is -0.774. The first-order valence-electron chi connectivity index (χ1n) is 4.82. The number of hydrogen-bond donors (Lipinski definition) is 1. The number of rotatable bonds is 5. The number of aryl methyl sites for hydroxylation is 1. The molecular formula is C11H15F2N. The molecule has 0 heterocycles. The van der Waals surface area contributed by atoms with Crippen molar-refractivity contribution in [1.82, 2.24) is 5.32 Å². The highest BCUT2D eigenvalue weighted by atomic mass is 19.2. The molecule has 0 fully saturated rings. The second kappa shape index (κ2) is 5.70. The van der Waals surface area contributed by atoms with Crippen LogP contribution >= 0.6 is 0 Å². The summed E-state index contributed by atoms with van der Waals surface area (Å²) >= 11 is 0. The minimum absolute atomic E-state index is 0.754. The standard InChI is InChI=1S/C11H15F2N/c1-14-7-3-2-4-9-5-6-10(12)11(13)8-9/h5-6,8,14H,2-4,7H2,1H3. The van der Waals surface area contributed by atoms with Crippen LogP contribution in [-0.4, -0.2) is 13.6 Å². The Bertz CT molecular complexity index is 287. The highest BCUT2D eigenvalue weighted by molar-refractivity contribution is 5.17. The molecule has 0 aliphatic carbocycles. The van der Waals surface area contributed by atoms with Crippen LogP contribution in [0.2, 0.25) is 0 Å². The summed E-state index contributed by atoms with van der Waals surface area (Å²) in [5, 5.41) is 3.04. The Morgan fingerprint density at radius 2 is 1.93 bits per heavy atom. The molecule has 0 saturated carbocycles. The van der Waals surface area contributed by atoms with Gasteiger partial charge in [0.2, 0.25) is 0 Å². The van der Waals surface area contributed by atoms with Crippen molar-refractivity contribution < 1.29 is 8.78 Å².